The molecular formula is C35H37N5O4. The van der Waals surface area contributed by atoms with E-state index in [0.717, 1.165) is 56.9 Å². The average Bonchev–Trinajstić information content (AvgIpc) is 3.70. The number of hydrogen-bond acceptors (Lipinski definition) is 4. The van der Waals surface area contributed by atoms with Crippen molar-refractivity contribution in [3.8, 4) is 17.3 Å². The van der Waals surface area contributed by atoms with Crippen LogP contribution in [0.5, 0.6) is 5.75 Å². The highest BCUT2D eigenvalue weighted by molar-refractivity contribution is 6.01. The van der Waals surface area contributed by atoms with Crippen molar-refractivity contribution in [2.24, 2.45) is 13.0 Å². The van der Waals surface area contributed by atoms with Crippen LogP contribution < -0.4 is 4.74 Å². The molecule has 0 bridgehead atoms. The number of carbonyl (C=O) groups excluding carboxylic acids is 1. The molecular weight excluding hydrogens is 554 g/mol. The number of carbonyl (C=O) groups is 2. The maximum atomic E-state index is 13.6. The van der Waals surface area contributed by atoms with Crippen molar-refractivity contribution in [1.82, 2.24) is 23.9 Å². The fourth-order valence-corrected chi connectivity index (χ4v) is 6.32. The smallest absolute Gasteiger partial charge is 0.407 e. The molecule has 1 saturated carbocycles. The Morgan fingerprint density at radius 2 is 1.91 bits per heavy atom. The fourth-order valence-electron chi connectivity index (χ4n) is 6.32. The minimum absolute atomic E-state index is 0.0750. The number of ether oxygens (including phenoxy) is 1. The van der Waals surface area contributed by atoms with Gasteiger partial charge >= 0.3 is 6.09 Å². The predicted octanol–water partition coefficient (Wildman–Crippen LogP) is 6.18. The maximum Gasteiger partial charge on any atom is 0.407 e. The summed E-state index contributed by atoms with van der Waals surface area (Å²) in [6.45, 7) is 4.13. The van der Waals surface area contributed by atoms with Gasteiger partial charge < -0.3 is 28.8 Å². The SMILES string of the molecule is C[C@H](CN1CCc2cc3c(cc2C1=O)nc(-c1cc2cccc(OCc4ccccc4)c2n1CC1CC1)n3C)N(C)C(=O)O. The van der Waals surface area contributed by atoms with Crippen molar-refractivity contribution in [2.75, 3.05) is 20.1 Å². The molecule has 9 nitrogen and oxygen atoms in total. The van der Waals surface area contributed by atoms with Crippen LogP contribution in [-0.4, -0.2) is 67.2 Å². The minimum atomic E-state index is -1.00. The number of nitrogens with zero attached hydrogens (tertiary/aromatic N) is 5. The van der Waals surface area contributed by atoms with Crippen LogP contribution in [0.2, 0.25) is 0 Å². The number of fused-ring (bicyclic) bond motifs is 3. The molecule has 0 spiro atoms. The Labute approximate surface area is 256 Å². The number of amides is 2. The molecule has 3 aromatic carbocycles. The first-order valence-corrected chi connectivity index (χ1v) is 15.3. The van der Waals surface area contributed by atoms with Crippen LogP contribution in [0.25, 0.3) is 33.5 Å². The monoisotopic (exact) mass is 591 g/mol. The molecule has 1 aliphatic carbocycles. The van der Waals surface area contributed by atoms with E-state index >= 15 is 0 Å². The molecule has 7 rings (SSSR count). The Morgan fingerprint density at radius 1 is 1.11 bits per heavy atom. The van der Waals surface area contributed by atoms with Crippen LogP contribution in [0.3, 0.4) is 0 Å². The van der Waals surface area contributed by atoms with Crippen LogP contribution in [0.1, 0.15) is 41.3 Å². The standard InChI is InChI=1S/C35H37N5O4/c1-22(37(2)35(42)43)19-39-15-14-25-16-29-28(18-27(25)34(39)41)36-33(38(29)3)30-17-26-10-7-11-31(32(26)40(30)20-23-12-13-23)44-21-24-8-5-4-6-9-24/h4-11,16-18,22-23H,12-15,19-21H2,1-3H3,(H,42,43)/t22-/m1/s1. The molecule has 1 fully saturated rings. The van der Waals surface area contributed by atoms with Crippen LogP contribution in [0.4, 0.5) is 4.79 Å². The van der Waals surface area contributed by atoms with E-state index in [0.29, 0.717) is 37.6 Å². The van der Waals surface area contributed by atoms with Crippen molar-refractivity contribution in [3.63, 3.8) is 0 Å². The van der Waals surface area contributed by atoms with Gasteiger partial charge in [-0.3, -0.25) is 4.79 Å². The van der Waals surface area contributed by atoms with E-state index in [2.05, 4.69) is 39.5 Å². The van der Waals surface area contributed by atoms with Crippen molar-refractivity contribution in [1.29, 1.82) is 0 Å². The summed E-state index contributed by atoms with van der Waals surface area (Å²) in [5.74, 6) is 2.28. The summed E-state index contributed by atoms with van der Waals surface area (Å²) < 4.78 is 10.9. The normalized spacial score (nSPS) is 15.5. The molecule has 0 radical (unpaired) electrons. The van der Waals surface area contributed by atoms with E-state index in [4.69, 9.17) is 9.72 Å². The van der Waals surface area contributed by atoms with E-state index in [1.807, 2.05) is 50.4 Å². The number of benzene rings is 3. The zero-order valence-electron chi connectivity index (χ0n) is 25.4. The molecule has 1 atom stereocenters. The number of likely N-dealkylation sites (N-methyl/N-ethyl adjacent to an activating group) is 1. The van der Waals surface area contributed by atoms with Gasteiger partial charge in [0.25, 0.3) is 5.91 Å². The van der Waals surface area contributed by atoms with Gasteiger partial charge in [-0.15, -0.1) is 0 Å². The molecule has 9 heteroatoms. The minimum Gasteiger partial charge on any atom is -0.487 e. The first-order chi connectivity index (χ1) is 21.3. The van der Waals surface area contributed by atoms with Crippen LogP contribution in [0, 0.1) is 5.92 Å². The molecule has 2 aromatic heterocycles. The Bertz CT molecular complexity index is 1890. The van der Waals surface area contributed by atoms with E-state index in [1.165, 1.54) is 24.8 Å². The number of aryl methyl sites for hydroxylation is 1. The lowest BCUT2D eigenvalue weighted by atomic mass is 9.97. The average molecular weight is 592 g/mol. The maximum absolute atomic E-state index is 13.6. The van der Waals surface area contributed by atoms with E-state index < -0.39 is 6.09 Å². The van der Waals surface area contributed by atoms with Crippen LogP contribution >= 0.6 is 0 Å². The third-order valence-electron chi connectivity index (χ3n) is 9.21. The summed E-state index contributed by atoms with van der Waals surface area (Å²) in [4.78, 5) is 33.1. The van der Waals surface area contributed by atoms with Gasteiger partial charge in [-0.2, -0.15) is 0 Å². The number of carboxylic acid groups (broad SMARTS) is 1. The topological polar surface area (TPSA) is 92.8 Å². The van der Waals surface area contributed by atoms with Crippen molar-refractivity contribution >= 4 is 33.9 Å². The first kappa shape index (κ1) is 28.0. The molecule has 44 heavy (non-hydrogen) atoms. The molecule has 2 aliphatic rings. The van der Waals surface area contributed by atoms with Crippen molar-refractivity contribution in [2.45, 2.75) is 45.4 Å². The fraction of sp³-hybridized carbons (Fsp3) is 0.343. The third-order valence-corrected chi connectivity index (χ3v) is 9.21. The van der Waals surface area contributed by atoms with Gasteiger partial charge in [0.05, 0.1) is 22.2 Å². The van der Waals surface area contributed by atoms with E-state index in [9.17, 15) is 14.7 Å². The highest BCUT2D eigenvalue weighted by Crippen LogP contribution is 2.39. The van der Waals surface area contributed by atoms with Crippen molar-refractivity contribution in [3.05, 3.63) is 83.4 Å². The van der Waals surface area contributed by atoms with E-state index in [-0.39, 0.29) is 11.9 Å². The first-order valence-electron chi connectivity index (χ1n) is 15.3. The quantitative estimate of drug-likeness (QED) is 0.221. The molecule has 226 valence electrons. The highest BCUT2D eigenvalue weighted by atomic mass is 16.5. The highest BCUT2D eigenvalue weighted by Gasteiger charge is 2.30. The van der Waals surface area contributed by atoms with Gasteiger partial charge in [0.1, 0.15) is 12.4 Å². The second kappa shape index (κ2) is 11.0. The second-order valence-electron chi connectivity index (χ2n) is 12.3. The number of hydrogen-bond donors (Lipinski definition) is 1. The summed E-state index contributed by atoms with van der Waals surface area (Å²) >= 11 is 0. The number of aromatic nitrogens is 3. The van der Waals surface area contributed by atoms with Gasteiger partial charge in [0, 0.05) is 50.7 Å². The summed E-state index contributed by atoms with van der Waals surface area (Å²) in [5, 5.41) is 10.5. The molecule has 5 aromatic rings. The molecule has 0 unspecified atom stereocenters. The lowest BCUT2D eigenvalue weighted by Gasteiger charge is -2.33. The van der Waals surface area contributed by atoms with Gasteiger partial charge in [-0.1, -0.05) is 42.5 Å². The third kappa shape index (κ3) is 5.06. The van der Waals surface area contributed by atoms with Gasteiger partial charge in [-0.25, -0.2) is 9.78 Å². The Kier molecular flexibility index (Phi) is 7.03. The van der Waals surface area contributed by atoms with Crippen molar-refractivity contribution < 1.29 is 19.4 Å². The summed E-state index contributed by atoms with van der Waals surface area (Å²) in [6, 6.07) is 22.4. The number of para-hydroxylation sites is 1. The van der Waals surface area contributed by atoms with Crippen LogP contribution in [0.15, 0.2) is 66.7 Å². The summed E-state index contributed by atoms with van der Waals surface area (Å²) in [5.41, 5.74) is 6.66. The van der Waals surface area contributed by atoms with E-state index in [1.54, 1.807) is 4.90 Å². The van der Waals surface area contributed by atoms with Gasteiger partial charge in [0.15, 0.2) is 5.82 Å². The number of rotatable bonds is 9. The summed E-state index contributed by atoms with van der Waals surface area (Å²) in [7, 11) is 3.58. The zero-order valence-corrected chi connectivity index (χ0v) is 25.4. The Balaban J connectivity index is 1.26. The van der Waals surface area contributed by atoms with Crippen LogP contribution in [-0.2, 0) is 26.6 Å². The molecule has 1 N–H and O–H groups in total. The van der Waals surface area contributed by atoms with Gasteiger partial charge in [-0.05, 0) is 67.5 Å². The molecule has 1 aliphatic heterocycles. The lowest BCUT2D eigenvalue weighted by molar-refractivity contribution is 0.0680. The summed E-state index contributed by atoms with van der Waals surface area (Å²) in [6.07, 6.45) is 2.16. The second-order valence-corrected chi connectivity index (χ2v) is 12.3. The largest absolute Gasteiger partial charge is 0.487 e. The molecule has 3 heterocycles. The zero-order chi connectivity index (χ0) is 30.5. The van der Waals surface area contributed by atoms with Gasteiger partial charge in [0.2, 0.25) is 0 Å². The lowest BCUT2D eigenvalue weighted by Crippen LogP contribution is -2.47. The molecule has 2 amide bonds. The Hall–Kier alpha value is -4.79. The number of imidazole rings is 1. The Morgan fingerprint density at radius 3 is 2.66 bits per heavy atom. The molecule has 0 saturated heterocycles. The predicted molar refractivity (Wildman–Crippen MR) is 170 cm³/mol.